The van der Waals surface area contributed by atoms with Gasteiger partial charge in [-0.1, -0.05) is 29.8 Å². The summed E-state index contributed by atoms with van der Waals surface area (Å²) in [7, 11) is 0. The maximum Gasteiger partial charge on any atom is 0.116 e. The molecule has 4 rings (SSSR count). The number of benzene rings is 1. The van der Waals surface area contributed by atoms with Crippen LogP contribution in [0.4, 0.5) is 0 Å². The van der Waals surface area contributed by atoms with Gasteiger partial charge in [-0.2, -0.15) is 0 Å². The van der Waals surface area contributed by atoms with Crippen molar-refractivity contribution in [2.75, 3.05) is 0 Å². The molecule has 1 aromatic heterocycles. The monoisotopic (exact) mass is 335 g/mol. The molecule has 1 aromatic carbocycles. The third-order valence-electron chi connectivity index (χ3n) is 4.65. The lowest BCUT2D eigenvalue weighted by atomic mass is 9.89. The number of hydrogen-bond donors (Lipinski definition) is 1. The Morgan fingerprint density at radius 2 is 1.96 bits per heavy atom. The number of rotatable bonds is 1. The zero-order valence-corrected chi connectivity index (χ0v) is 14.1. The molecule has 120 valence electrons. The summed E-state index contributed by atoms with van der Waals surface area (Å²) in [6, 6.07) is 11.5. The molecule has 0 unspecified atom stereocenters. The molecule has 1 N–H and O–H groups in total. The molecule has 2 aliphatic rings. The lowest BCUT2D eigenvalue weighted by Gasteiger charge is -2.18. The predicted octanol–water partition coefficient (Wildman–Crippen LogP) is 5.49. The largest absolute Gasteiger partial charge is 0.508 e. The molecule has 0 bridgehead atoms. The van der Waals surface area contributed by atoms with Gasteiger partial charge >= 0.3 is 0 Å². The number of pyridine rings is 1. The molecule has 0 saturated heterocycles. The molecule has 0 fully saturated rings. The number of fused-ring (bicyclic) bond motifs is 1. The predicted molar refractivity (Wildman–Crippen MR) is 98.7 cm³/mol. The van der Waals surface area contributed by atoms with Gasteiger partial charge in [-0.25, -0.2) is 0 Å². The van der Waals surface area contributed by atoms with Crippen molar-refractivity contribution in [3.63, 3.8) is 0 Å². The lowest BCUT2D eigenvalue weighted by molar-refractivity contribution is 0.475. The highest BCUT2D eigenvalue weighted by Crippen LogP contribution is 2.41. The topological polar surface area (TPSA) is 33.1 Å². The number of phenolic OH excluding ortho intramolecular Hbond substituents is 1. The summed E-state index contributed by atoms with van der Waals surface area (Å²) in [5.41, 5.74) is 7.11. The fraction of sp³-hybridized carbons (Fsp3) is 0.190. The number of halogens is 1. The zero-order chi connectivity index (χ0) is 16.5. The van der Waals surface area contributed by atoms with E-state index in [0.717, 1.165) is 47.5 Å². The summed E-state index contributed by atoms with van der Waals surface area (Å²) in [6.45, 7) is 0. The maximum atomic E-state index is 9.78. The van der Waals surface area contributed by atoms with Crippen LogP contribution in [0.2, 0.25) is 0 Å². The Morgan fingerprint density at radius 3 is 2.83 bits per heavy atom. The van der Waals surface area contributed by atoms with Crippen molar-refractivity contribution >= 4 is 23.3 Å². The van der Waals surface area contributed by atoms with Gasteiger partial charge in [0.15, 0.2) is 0 Å². The fourth-order valence-corrected chi connectivity index (χ4v) is 3.74. The molecular weight excluding hydrogens is 318 g/mol. The molecule has 0 radical (unpaired) electrons. The van der Waals surface area contributed by atoms with Gasteiger partial charge in [0.25, 0.3) is 0 Å². The number of nitrogens with zero attached hydrogens (tertiary/aromatic N) is 1. The van der Waals surface area contributed by atoms with Crippen molar-refractivity contribution < 1.29 is 5.11 Å². The molecule has 1 heterocycles. The molecule has 0 aliphatic heterocycles. The van der Waals surface area contributed by atoms with Crippen molar-refractivity contribution in [2.24, 2.45) is 0 Å². The normalized spacial score (nSPS) is 18.7. The third-order valence-corrected chi connectivity index (χ3v) is 4.95. The summed E-state index contributed by atoms with van der Waals surface area (Å²) in [4.78, 5) is 4.67. The second-order valence-electron chi connectivity index (χ2n) is 6.26. The van der Waals surface area contributed by atoms with Crippen LogP contribution in [0.1, 0.15) is 36.1 Å². The van der Waals surface area contributed by atoms with Gasteiger partial charge in [-0.3, -0.25) is 4.98 Å². The SMILES string of the molecule is Oc1cccc(/C=C2\C3=C(C=C(Cl)CC3)CCc3cccnc32)c1. The highest BCUT2D eigenvalue weighted by Gasteiger charge is 2.23. The van der Waals surface area contributed by atoms with E-state index in [9.17, 15) is 5.11 Å². The first kappa shape index (κ1) is 15.2. The molecule has 3 heteroatoms. The fourth-order valence-electron chi connectivity index (χ4n) is 3.52. The van der Waals surface area contributed by atoms with E-state index in [1.807, 2.05) is 24.4 Å². The second kappa shape index (κ2) is 6.29. The molecule has 0 saturated carbocycles. The van der Waals surface area contributed by atoms with Gasteiger partial charge in [0.05, 0.1) is 5.69 Å². The van der Waals surface area contributed by atoms with Crippen molar-refractivity contribution in [1.29, 1.82) is 0 Å². The Morgan fingerprint density at radius 1 is 1.04 bits per heavy atom. The first-order chi connectivity index (χ1) is 11.7. The van der Waals surface area contributed by atoms with Crippen LogP contribution in [0.5, 0.6) is 5.75 Å². The molecular formula is C21H18ClNO. The average molecular weight is 336 g/mol. The Balaban J connectivity index is 1.93. The van der Waals surface area contributed by atoms with E-state index in [-0.39, 0.29) is 5.75 Å². The Labute approximate surface area is 146 Å². The third kappa shape index (κ3) is 2.90. The quantitative estimate of drug-likeness (QED) is 0.747. The van der Waals surface area contributed by atoms with Crippen LogP contribution in [0.3, 0.4) is 0 Å². The van der Waals surface area contributed by atoms with Crippen LogP contribution in [0.15, 0.2) is 64.8 Å². The van der Waals surface area contributed by atoms with Gasteiger partial charge in [0.2, 0.25) is 0 Å². The summed E-state index contributed by atoms with van der Waals surface area (Å²) in [6.07, 6.45) is 9.89. The number of aryl methyl sites for hydroxylation is 1. The molecule has 24 heavy (non-hydrogen) atoms. The second-order valence-corrected chi connectivity index (χ2v) is 6.74. The van der Waals surface area contributed by atoms with Crippen molar-refractivity contribution in [1.82, 2.24) is 4.98 Å². The number of aromatic nitrogens is 1. The summed E-state index contributed by atoms with van der Waals surface area (Å²) in [5.74, 6) is 0.278. The highest BCUT2D eigenvalue weighted by molar-refractivity contribution is 6.30. The van der Waals surface area contributed by atoms with E-state index >= 15 is 0 Å². The first-order valence-corrected chi connectivity index (χ1v) is 8.62. The van der Waals surface area contributed by atoms with Crippen molar-refractivity contribution in [3.8, 4) is 5.75 Å². The van der Waals surface area contributed by atoms with E-state index < -0.39 is 0 Å². The Hall–Kier alpha value is -2.32. The van der Waals surface area contributed by atoms with Crippen molar-refractivity contribution in [3.05, 3.63) is 81.7 Å². The smallest absolute Gasteiger partial charge is 0.116 e. The van der Waals surface area contributed by atoms with Gasteiger partial charge in [0.1, 0.15) is 5.75 Å². The maximum absolute atomic E-state index is 9.78. The summed E-state index contributed by atoms with van der Waals surface area (Å²) >= 11 is 6.29. The number of allylic oxidation sites excluding steroid dienone is 5. The van der Waals surface area contributed by atoms with Gasteiger partial charge < -0.3 is 5.11 Å². The number of aromatic hydroxyl groups is 1. The summed E-state index contributed by atoms with van der Waals surface area (Å²) < 4.78 is 0. The summed E-state index contributed by atoms with van der Waals surface area (Å²) in [5, 5.41) is 10.7. The van der Waals surface area contributed by atoms with E-state index in [1.165, 1.54) is 16.7 Å². The molecule has 0 spiro atoms. The van der Waals surface area contributed by atoms with E-state index in [0.29, 0.717) is 0 Å². The minimum atomic E-state index is 0.278. The van der Waals surface area contributed by atoms with Crippen LogP contribution < -0.4 is 0 Å². The zero-order valence-electron chi connectivity index (χ0n) is 13.3. The molecule has 0 atom stereocenters. The van der Waals surface area contributed by atoms with E-state index in [4.69, 9.17) is 11.6 Å². The molecule has 2 aliphatic carbocycles. The molecule has 0 amide bonds. The molecule has 2 aromatic rings. The van der Waals surface area contributed by atoms with Crippen molar-refractivity contribution in [2.45, 2.75) is 25.7 Å². The number of phenols is 1. The van der Waals surface area contributed by atoms with Crippen LogP contribution >= 0.6 is 11.6 Å². The van der Waals surface area contributed by atoms with E-state index in [1.54, 1.807) is 12.1 Å². The van der Waals surface area contributed by atoms with Crippen LogP contribution in [0.25, 0.3) is 11.6 Å². The Bertz CT molecular complexity index is 892. The Kier molecular flexibility index (Phi) is 3.99. The average Bonchev–Trinajstić information content (AvgIpc) is 2.73. The first-order valence-electron chi connectivity index (χ1n) is 8.24. The lowest BCUT2D eigenvalue weighted by Crippen LogP contribution is -2.00. The number of hydrogen-bond acceptors (Lipinski definition) is 2. The standard InChI is InChI=1S/C21H18ClNO/c22-17-8-9-19-16(13-17)7-6-15-4-2-10-23-21(15)20(19)12-14-3-1-5-18(24)11-14/h1-5,10-13,24H,6-9H2/b20-12+. The minimum Gasteiger partial charge on any atom is -0.508 e. The van der Waals surface area contributed by atoms with Crippen LogP contribution in [-0.4, -0.2) is 10.1 Å². The highest BCUT2D eigenvalue weighted by atomic mass is 35.5. The molecule has 2 nitrogen and oxygen atoms in total. The van der Waals surface area contributed by atoms with E-state index in [2.05, 4.69) is 23.2 Å². The van der Waals surface area contributed by atoms with Gasteiger partial charge in [-0.15, -0.1) is 0 Å². The minimum absolute atomic E-state index is 0.278. The van der Waals surface area contributed by atoms with Gasteiger partial charge in [-0.05, 0) is 78.3 Å². The van der Waals surface area contributed by atoms with Crippen LogP contribution in [0, 0.1) is 0 Å². The van der Waals surface area contributed by atoms with Gasteiger partial charge in [0, 0.05) is 16.8 Å². The van der Waals surface area contributed by atoms with Crippen LogP contribution in [-0.2, 0) is 6.42 Å².